The van der Waals surface area contributed by atoms with Crippen LogP contribution < -0.4 is 5.73 Å². The smallest absolute Gasteiger partial charge is 0.323 e. The van der Waals surface area contributed by atoms with Crippen molar-refractivity contribution in [1.29, 1.82) is 0 Å². The number of carbonyl (C=O) groups is 1. The molecule has 1 unspecified atom stereocenters. The molecule has 1 aromatic heterocycles. The van der Waals surface area contributed by atoms with Gasteiger partial charge in [0.25, 0.3) is 0 Å². The monoisotopic (exact) mass is 243 g/mol. The number of aromatic nitrogens is 2. The number of carboxylic acid groups (broad SMARTS) is 1. The molecular weight excluding hydrogens is 226 g/mol. The average Bonchev–Trinajstić information content (AvgIpc) is 2.76. The Hall–Kier alpha value is -1.01. The van der Waals surface area contributed by atoms with Crippen LogP contribution in [0.4, 0.5) is 0 Å². The van der Waals surface area contributed by atoms with E-state index in [2.05, 4.69) is 9.97 Å². The van der Waals surface area contributed by atoms with Gasteiger partial charge in [-0.05, 0) is 19.3 Å². The molecular formula is C10H17N3O2S. The Morgan fingerprint density at radius 2 is 2.50 bits per heavy atom. The maximum absolute atomic E-state index is 10.9. The lowest BCUT2D eigenvalue weighted by Crippen LogP contribution is -2.47. The molecule has 0 saturated heterocycles. The highest BCUT2D eigenvalue weighted by atomic mass is 32.2. The third kappa shape index (κ3) is 3.53. The first-order chi connectivity index (χ1) is 7.58. The summed E-state index contributed by atoms with van der Waals surface area (Å²) >= 11 is 1.57. The van der Waals surface area contributed by atoms with Crippen molar-refractivity contribution in [3.8, 4) is 0 Å². The Kier molecular flexibility index (Phi) is 4.82. The second-order valence-electron chi connectivity index (χ2n) is 3.66. The van der Waals surface area contributed by atoms with E-state index in [0.717, 1.165) is 17.3 Å². The first-order valence-electron chi connectivity index (χ1n) is 5.23. The van der Waals surface area contributed by atoms with Crippen molar-refractivity contribution in [2.75, 3.05) is 5.75 Å². The molecule has 0 aliphatic heterocycles. The Morgan fingerprint density at radius 1 is 1.75 bits per heavy atom. The van der Waals surface area contributed by atoms with E-state index in [1.54, 1.807) is 31.1 Å². The summed E-state index contributed by atoms with van der Waals surface area (Å²) in [5.74, 6) is -0.0993. The maximum Gasteiger partial charge on any atom is 0.323 e. The van der Waals surface area contributed by atoms with Crippen LogP contribution in [0.2, 0.25) is 0 Å². The normalized spacial score (nSPS) is 14.6. The summed E-state index contributed by atoms with van der Waals surface area (Å²) < 4.78 is 0. The zero-order chi connectivity index (χ0) is 12.0. The van der Waals surface area contributed by atoms with Crippen LogP contribution in [0.3, 0.4) is 0 Å². The Labute approximate surface area is 98.8 Å². The number of imidazole rings is 1. The molecule has 0 fully saturated rings. The fourth-order valence-electron chi connectivity index (χ4n) is 1.32. The molecule has 0 amide bonds. The van der Waals surface area contributed by atoms with E-state index in [1.807, 2.05) is 0 Å². The van der Waals surface area contributed by atoms with Crippen LogP contribution >= 0.6 is 11.8 Å². The summed E-state index contributed by atoms with van der Waals surface area (Å²) in [5, 5.41) is 9.82. The third-order valence-corrected chi connectivity index (χ3v) is 3.53. The molecule has 0 aliphatic rings. The first-order valence-corrected chi connectivity index (χ1v) is 6.21. The molecule has 0 bridgehead atoms. The van der Waals surface area contributed by atoms with Crippen molar-refractivity contribution in [1.82, 2.24) is 9.97 Å². The van der Waals surface area contributed by atoms with Gasteiger partial charge in [0.1, 0.15) is 5.54 Å². The zero-order valence-corrected chi connectivity index (χ0v) is 10.1. The fraction of sp³-hybridized carbons (Fsp3) is 0.600. The van der Waals surface area contributed by atoms with Gasteiger partial charge in [0, 0.05) is 18.1 Å². The van der Waals surface area contributed by atoms with E-state index < -0.39 is 11.5 Å². The van der Waals surface area contributed by atoms with Gasteiger partial charge in [0.05, 0.1) is 0 Å². The molecule has 4 N–H and O–H groups in total. The zero-order valence-electron chi connectivity index (χ0n) is 9.27. The predicted octanol–water partition coefficient (Wildman–Crippen LogP) is 1.47. The molecule has 90 valence electrons. The molecule has 1 atom stereocenters. The van der Waals surface area contributed by atoms with Gasteiger partial charge in [0.15, 0.2) is 5.16 Å². The highest BCUT2D eigenvalue weighted by molar-refractivity contribution is 7.99. The standard InChI is InChI=1S/C10H17N3O2S/c1-2-10(11,8(14)15)4-3-7-16-9-12-5-6-13-9/h5-6H,2-4,7,11H2,1H3,(H,12,13)(H,14,15). The number of nitrogens with one attached hydrogen (secondary N) is 1. The highest BCUT2D eigenvalue weighted by Gasteiger charge is 2.30. The second kappa shape index (κ2) is 5.91. The van der Waals surface area contributed by atoms with Crippen LogP contribution in [0.1, 0.15) is 26.2 Å². The fourth-order valence-corrected chi connectivity index (χ4v) is 2.09. The molecule has 0 spiro atoms. The van der Waals surface area contributed by atoms with Crippen molar-refractivity contribution in [2.45, 2.75) is 36.9 Å². The number of carboxylic acids is 1. The number of aliphatic carboxylic acids is 1. The number of H-pyrrole nitrogens is 1. The van der Waals surface area contributed by atoms with Gasteiger partial charge in [-0.1, -0.05) is 18.7 Å². The van der Waals surface area contributed by atoms with Crippen LogP contribution in [0, 0.1) is 0 Å². The molecule has 1 aromatic rings. The van der Waals surface area contributed by atoms with Crippen LogP contribution in [0.25, 0.3) is 0 Å². The molecule has 0 aliphatic carbocycles. The van der Waals surface area contributed by atoms with Gasteiger partial charge in [-0.2, -0.15) is 0 Å². The highest BCUT2D eigenvalue weighted by Crippen LogP contribution is 2.19. The number of nitrogens with two attached hydrogens (primary N) is 1. The van der Waals surface area contributed by atoms with Gasteiger partial charge < -0.3 is 15.8 Å². The van der Waals surface area contributed by atoms with E-state index in [9.17, 15) is 4.79 Å². The SMILES string of the molecule is CCC(N)(CCCSc1ncc[nH]1)C(=O)O. The topological polar surface area (TPSA) is 92.0 Å². The predicted molar refractivity (Wildman–Crippen MR) is 63.4 cm³/mol. The molecule has 1 heterocycles. The summed E-state index contributed by atoms with van der Waals surface area (Å²) in [7, 11) is 0. The quantitative estimate of drug-likeness (QED) is 0.498. The minimum absolute atomic E-state index is 0.452. The number of hydrogen-bond donors (Lipinski definition) is 3. The van der Waals surface area contributed by atoms with Gasteiger partial charge in [0.2, 0.25) is 0 Å². The maximum atomic E-state index is 10.9. The third-order valence-electron chi connectivity index (χ3n) is 2.54. The van der Waals surface area contributed by atoms with Crippen molar-refractivity contribution in [3.63, 3.8) is 0 Å². The molecule has 0 saturated carbocycles. The molecule has 6 heteroatoms. The minimum atomic E-state index is -1.08. The lowest BCUT2D eigenvalue weighted by molar-refractivity contribution is -0.143. The van der Waals surface area contributed by atoms with Gasteiger partial charge in [-0.15, -0.1) is 0 Å². The number of aromatic amines is 1. The van der Waals surface area contributed by atoms with Crippen LogP contribution in [-0.4, -0.2) is 32.3 Å². The van der Waals surface area contributed by atoms with Crippen molar-refractivity contribution in [3.05, 3.63) is 12.4 Å². The van der Waals surface area contributed by atoms with Crippen LogP contribution in [0.15, 0.2) is 17.6 Å². The Balaban J connectivity index is 2.26. The second-order valence-corrected chi connectivity index (χ2v) is 4.74. The summed E-state index contributed by atoms with van der Waals surface area (Å²) in [5.41, 5.74) is 4.69. The van der Waals surface area contributed by atoms with Crippen molar-refractivity contribution >= 4 is 17.7 Å². The van der Waals surface area contributed by atoms with Crippen molar-refractivity contribution < 1.29 is 9.90 Å². The van der Waals surface area contributed by atoms with E-state index in [0.29, 0.717) is 12.8 Å². The molecule has 16 heavy (non-hydrogen) atoms. The number of rotatable bonds is 7. The summed E-state index contributed by atoms with van der Waals surface area (Å²) in [6.07, 6.45) is 5.17. The Bertz CT molecular complexity index is 329. The van der Waals surface area contributed by atoms with Crippen LogP contribution in [0.5, 0.6) is 0 Å². The average molecular weight is 243 g/mol. The lowest BCUT2D eigenvalue weighted by atomic mass is 9.92. The molecule has 0 aromatic carbocycles. The van der Waals surface area contributed by atoms with E-state index in [4.69, 9.17) is 10.8 Å². The molecule has 1 rings (SSSR count). The minimum Gasteiger partial charge on any atom is -0.480 e. The van der Waals surface area contributed by atoms with Gasteiger partial charge in [-0.25, -0.2) is 4.98 Å². The lowest BCUT2D eigenvalue weighted by Gasteiger charge is -2.22. The largest absolute Gasteiger partial charge is 0.480 e. The first kappa shape index (κ1) is 13.1. The van der Waals surface area contributed by atoms with E-state index in [1.165, 1.54) is 0 Å². The summed E-state index contributed by atoms with van der Waals surface area (Å²) in [6.45, 7) is 1.80. The molecule has 5 nitrogen and oxygen atoms in total. The molecule has 0 radical (unpaired) electrons. The van der Waals surface area contributed by atoms with E-state index in [-0.39, 0.29) is 0 Å². The Morgan fingerprint density at radius 3 is 3.00 bits per heavy atom. The number of thioether (sulfide) groups is 1. The summed E-state index contributed by atoms with van der Waals surface area (Å²) in [6, 6.07) is 0. The number of nitrogens with zero attached hydrogens (tertiary/aromatic N) is 1. The number of hydrogen-bond acceptors (Lipinski definition) is 4. The van der Waals surface area contributed by atoms with Crippen molar-refractivity contribution in [2.24, 2.45) is 5.73 Å². The summed E-state index contributed by atoms with van der Waals surface area (Å²) in [4.78, 5) is 18.0. The van der Waals surface area contributed by atoms with Crippen LogP contribution in [-0.2, 0) is 4.79 Å². The van der Waals surface area contributed by atoms with Gasteiger partial charge >= 0.3 is 5.97 Å². The van der Waals surface area contributed by atoms with Gasteiger partial charge in [-0.3, -0.25) is 4.79 Å². The van der Waals surface area contributed by atoms with E-state index >= 15 is 0 Å².